The minimum Gasteiger partial charge on any atom is -0.493 e. The van der Waals surface area contributed by atoms with E-state index in [1.807, 2.05) is 37.3 Å². The molecule has 1 amide bonds. The number of rotatable bonds is 6. The van der Waals surface area contributed by atoms with Gasteiger partial charge in [0, 0.05) is 10.2 Å². The van der Waals surface area contributed by atoms with Crippen molar-refractivity contribution in [3.63, 3.8) is 0 Å². The molecular weight excluding hydrogens is 400 g/mol. The highest BCUT2D eigenvalue weighted by atomic mass is 79.9. The molecule has 0 saturated carbocycles. The number of aryl methyl sites for hydroxylation is 1. The van der Waals surface area contributed by atoms with E-state index >= 15 is 0 Å². The molecule has 0 bridgehead atoms. The van der Waals surface area contributed by atoms with Gasteiger partial charge in [-0.3, -0.25) is 10.1 Å². The summed E-state index contributed by atoms with van der Waals surface area (Å²) in [6.45, 7) is 4.66. The van der Waals surface area contributed by atoms with Crippen LogP contribution in [0.15, 0.2) is 46.9 Å². The van der Waals surface area contributed by atoms with Crippen molar-refractivity contribution in [2.24, 2.45) is 0 Å². The number of hydrogen-bond donors (Lipinski definition) is 2. The fourth-order valence-electron chi connectivity index (χ4n) is 2.19. The zero-order valence-corrected chi connectivity index (χ0v) is 16.7. The van der Waals surface area contributed by atoms with Gasteiger partial charge >= 0.3 is 0 Å². The monoisotopic (exact) mass is 420 g/mol. The van der Waals surface area contributed by atoms with Crippen molar-refractivity contribution in [3.05, 3.63) is 58.1 Å². The van der Waals surface area contributed by atoms with E-state index in [4.69, 9.17) is 17.0 Å². The molecule has 2 aromatic carbocycles. The van der Waals surface area contributed by atoms with Crippen LogP contribution in [0.3, 0.4) is 0 Å². The second-order valence-electron chi connectivity index (χ2n) is 5.62. The molecule has 2 rings (SSSR count). The van der Waals surface area contributed by atoms with E-state index in [2.05, 4.69) is 33.5 Å². The number of ether oxygens (including phenoxy) is 1. The lowest BCUT2D eigenvalue weighted by Gasteiger charge is -2.13. The van der Waals surface area contributed by atoms with Crippen molar-refractivity contribution in [1.82, 2.24) is 5.32 Å². The average molecular weight is 421 g/mol. The molecule has 0 saturated heterocycles. The molecule has 6 heteroatoms. The first-order valence-corrected chi connectivity index (χ1v) is 9.31. The van der Waals surface area contributed by atoms with Crippen molar-refractivity contribution in [1.29, 1.82) is 0 Å². The van der Waals surface area contributed by atoms with Gasteiger partial charge in [-0.15, -0.1) is 0 Å². The van der Waals surface area contributed by atoms with Crippen molar-refractivity contribution in [2.45, 2.75) is 26.7 Å². The number of halogens is 1. The smallest absolute Gasteiger partial charge is 0.261 e. The highest BCUT2D eigenvalue weighted by molar-refractivity contribution is 9.10. The maximum atomic E-state index is 12.6. The molecular formula is C19H21BrN2O2S. The number of carbonyl (C=O) groups is 1. The Morgan fingerprint density at radius 1 is 1.24 bits per heavy atom. The molecule has 0 aromatic heterocycles. The van der Waals surface area contributed by atoms with E-state index in [1.165, 1.54) is 0 Å². The molecule has 4 nitrogen and oxygen atoms in total. The zero-order chi connectivity index (χ0) is 18.2. The number of nitrogens with one attached hydrogen (secondary N) is 2. The van der Waals surface area contributed by atoms with Gasteiger partial charge in [0.1, 0.15) is 5.75 Å². The van der Waals surface area contributed by atoms with Crippen LogP contribution in [0.1, 0.15) is 35.7 Å². The van der Waals surface area contributed by atoms with E-state index in [1.54, 1.807) is 12.1 Å². The number of unbranched alkanes of at least 4 members (excludes halogenated alkanes) is 1. The molecule has 0 aliphatic carbocycles. The van der Waals surface area contributed by atoms with Crippen LogP contribution >= 0.6 is 28.1 Å². The Balaban J connectivity index is 2.06. The second kappa shape index (κ2) is 9.53. The molecule has 0 atom stereocenters. The van der Waals surface area contributed by atoms with Gasteiger partial charge in [-0.05, 0) is 61.5 Å². The highest BCUT2D eigenvalue weighted by Gasteiger charge is 2.15. The van der Waals surface area contributed by atoms with Gasteiger partial charge in [0.15, 0.2) is 5.11 Å². The Bertz CT molecular complexity index is 765. The second-order valence-corrected chi connectivity index (χ2v) is 6.94. The topological polar surface area (TPSA) is 50.4 Å². The Hall–Kier alpha value is -1.92. The summed E-state index contributed by atoms with van der Waals surface area (Å²) in [5.41, 5.74) is 2.38. The third-order valence-corrected chi connectivity index (χ3v) is 4.14. The summed E-state index contributed by atoms with van der Waals surface area (Å²) in [7, 11) is 0. The summed E-state index contributed by atoms with van der Waals surface area (Å²) in [4.78, 5) is 12.6. The van der Waals surface area contributed by atoms with Gasteiger partial charge in [0.2, 0.25) is 0 Å². The van der Waals surface area contributed by atoms with Gasteiger partial charge in [0.05, 0.1) is 12.2 Å². The molecule has 0 fully saturated rings. The van der Waals surface area contributed by atoms with E-state index in [-0.39, 0.29) is 11.0 Å². The van der Waals surface area contributed by atoms with Gasteiger partial charge in [-0.1, -0.05) is 41.4 Å². The lowest BCUT2D eigenvalue weighted by atomic mass is 10.2. The van der Waals surface area contributed by atoms with Crippen molar-refractivity contribution in [2.75, 3.05) is 11.9 Å². The number of hydrogen-bond acceptors (Lipinski definition) is 3. The number of amides is 1. The fraction of sp³-hybridized carbons (Fsp3) is 0.263. The maximum Gasteiger partial charge on any atom is 0.261 e. The molecule has 2 N–H and O–H groups in total. The highest BCUT2D eigenvalue weighted by Crippen LogP contribution is 2.23. The minimum atomic E-state index is -0.307. The summed E-state index contributed by atoms with van der Waals surface area (Å²) >= 11 is 8.63. The summed E-state index contributed by atoms with van der Waals surface area (Å²) in [5.74, 6) is 0.241. The summed E-state index contributed by atoms with van der Waals surface area (Å²) in [6, 6.07) is 13.1. The first kappa shape index (κ1) is 19.4. The molecule has 132 valence electrons. The number of carbonyl (C=O) groups excluding carboxylic acids is 1. The molecule has 0 radical (unpaired) electrons. The minimum absolute atomic E-state index is 0.245. The molecule has 0 aliphatic heterocycles. The average Bonchev–Trinajstić information content (AvgIpc) is 2.56. The van der Waals surface area contributed by atoms with E-state index in [0.717, 1.165) is 28.6 Å². The van der Waals surface area contributed by atoms with Gasteiger partial charge < -0.3 is 10.1 Å². The normalized spacial score (nSPS) is 10.2. The van der Waals surface area contributed by atoms with Crippen LogP contribution in [-0.4, -0.2) is 17.6 Å². The van der Waals surface area contributed by atoms with E-state index in [0.29, 0.717) is 17.9 Å². The zero-order valence-electron chi connectivity index (χ0n) is 14.3. The summed E-state index contributed by atoms with van der Waals surface area (Å²) < 4.78 is 6.53. The Morgan fingerprint density at radius 3 is 2.76 bits per heavy atom. The lowest BCUT2D eigenvalue weighted by molar-refractivity contribution is 0.0973. The molecule has 0 heterocycles. The molecule has 25 heavy (non-hydrogen) atoms. The molecule has 0 unspecified atom stereocenters. The van der Waals surface area contributed by atoms with Gasteiger partial charge in [-0.25, -0.2) is 0 Å². The lowest BCUT2D eigenvalue weighted by Crippen LogP contribution is -2.34. The Labute approximate surface area is 162 Å². The van der Waals surface area contributed by atoms with E-state index in [9.17, 15) is 4.79 Å². The third kappa shape index (κ3) is 6.14. The maximum absolute atomic E-state index is 12.6. The molecule has 0 spiro atoms. The number of thiocarbonyl (C=S) groups is 1. The number of anilines is 1. The Morgan fingerprint density at radius 2 is 2.04 bits per heavy atom. The van der Waals surface area contributed by atoms with E-state index < -0.39 is 0 Å². The quantitative estimate of drug-likeness (QED) is 0.506. The predicted octanol–water partition coefficient (Wildman–Crippen LogP) is 5.06. The molecule has 0 aliphatic rings. The van der Waals surface area contributed by atoms with Crippen molar-refractivity contribution >= 4 is 44.9 Å². The first-order chi connectivity index (χ1) is 12.0. The largest absolute Gasteiger partial charge is 0.493 e. The van der Waals surface area contributed by atoms with Crippen LogP contribution in [0.25, 0.3) is 0 Å². The first-order valence-electron chi connectivity index (χ1n) is 8.11. The van der Waals surface area contributed by atoms with Gasteiger partial charge in [-0.2, -0.15) is 0 Å². The summed E-state index contributed by atoms with van der Waals surface area (Å²) in [5, 5.41) is 5.96. The third-order valence-electron chi connectivity index (χ3n) is 3.44. The Kier molecular flexibility index (Phi) is 7.40. The summed E-state index contributed by atoms with van der Waals surface area (Å²) in [6.07, 6.45) is 1.97. The van der Waals surface area contributed by atoms with Crippen LogP contribution in [0.5, 0.6) is 5.75 Å². The van der Waals surface area contributed by atoms with Crippen LogP contribution in [0.2, 0.25) is 0 Å². The van der Waals surface area contributed by atoms with Crippen LogP contribution in [-0.2, 0) is 0 Å². The van der Waals surface area contributed by atoms with Crippen LogP contribution < -0.4 is 15.4 Å². The SMILES string of the molecule is CCCCOc1ccc(Br)cc1C(=O)NC(=S)Nc1cccc(C)c1. The van der Waals surface area contributed by atoms with Crippen LogP contribution in [0, 0.1) is 6.92 Å². The standard InChI is InChI=1S/C19H21BrN2O2S/c1-3-4-10-24-17-9-8-14(20)12-16(17)18(23)22-19(25)21-15-7-5-6-13(2)11-15/h5-9,11-12H,3-4,10H2,1-2H3,(H2,21,22,23,25). The van der Waals surface area contributed by atoms with Crippen molar-refractivity contribution < 1.29 is 9.53 Å². The van der Waals surface area contributed by atoms with Crippen LogP contribution in [0.4, 0.5) is 5.69 Å². The van der Waals surface area contributed by atoms with Gasteiger partial charge in [0.25, 0.3) is 5.91 Å². The predicted molar refractivity (Wildman–Crippen MR) is 109 cm³/mol. The van der Waals surface area contributed by atoms with Crippen molar-refractivity contribution in [3.8, 4) is 5.75 Å². The fourth-order valence-corrected chi connectivity index (χ4v) is 2.76. The number of benzene rings is 2. The molecule has 2 aromatic rings.